The van der Waals surface area contributed by atoms with Crippen molar-refractivity contribution in [3.8, 4) is 0 Å². The molecule has 3 unspecified atom stereocenters. The highest BCUT2D eigenvalue weighted by molar-refractivity contribution is 7.47. The molecular formula is C77H150O17P2. The summed E-state index contributed by atoms with van der Waals surface area (Å²) >= 11 is 0. The van der Waals surface area contributed by atoms with Gasteiger partial charge in [-0.2, -0.15) is 0 Å². The van der Waals surface area contributed by atoms with Crippen LogP contribution in [0.25, 0.3) is 0 Å². The van der Waals surface area contributed by atoms with Crippen LogP contribution in [0.5, 0.6) is 0 Å². The molecule has 0 aliphatic rings. The van der Waals surface area contributed by atoms with Gasteiger partial charge in [-0.3, -0.25) is 37.3 Å². The van der Waals surface area contributed by atoms with Crippen LogP contribution in [0.3, 0.4) is 0 Å². The fourth-order valence-corrected chi connectivity index (χ4v) is 13.3. The molecule has 0 aromatic rings. The summed E-state index contributed by atoms with van der Waals surface area (Å²) < 4.78 is 68.5. The highest BCUT2D eigenvalue weighted by atomic mass is 31.2. The number of aliphatic hydroxyl groups is 1. The van der Waals surface area contributed by atoms with E-state index >= 15 is 0 Å². The number of rotatable bonds is 74. The van der Waals surface area contributed by atoms with Gasteiger partial charge in [-0.05, 0) is 49.4 Å². The first kappa shape index (κ1) is 94.1. The van der Waals surface area contributed by atoms with Crippen molar-refractivity contribution in [1.82, 2.24) is 0 Å². The quantitative estimate of drug-likeness (QED) is 0.0222. The molecule has 0 aliphatic carbocycles. The molecule has 570 valence electrons. The lowest BCUT2D eigenvalue weighted by Crippen LogP contribution is -2.30. The van der Waals surface area contributed by atoms with Crippen molar-refractivity contribution >= 4 is 39.5 Å². The topological polar surface area (TPSA) is 237 Å². The van der Waals surface area contributed by atoms with Crippen molar-refractivity contribution in [3.05, 3.63) is 0 Å². The number of aliphatic hydroxyl groups excluding tert-OH is 1. The van der Waals surface area contributed by atoms with Gasteiger partial charge in [-0.15, -0.1) is 0 Å². The molecule has 0 radical (unpaired) electrons. The Kier molecular flexibility index (Phi) is 65.0. The molecular weight excluding hydrogens is 1260 g/mol. The molecule has 0 amide bonds. The van der Waals surface area contributed by atoms with Gasteiger partial charge in [0.2, 0.25) is 0 Å². The fourth-order valence-electron chi connectivity index (χ4n) is 11.7. The normalized spacial score (nSPS) is 14.4. The third-order valence-corrected chi connectivity index (χ3v) is 20.1. The summed E-state index contributed by atoms with van der Waals surface area (Å²) in [4.78, 5) is 72.7. The summed E-state index contributed by atoms with van der Waals surface area (Å²) in [5.41, 5.74) is 0. The van der Waals surface area contributed by atoms with Gasteiger partial charge in [0.05, 0.1) is 26.4 Å². The summed E-state index contributed by atoms with van der Waals surface area (Å²) in [5, 5.41) is 10.6. The molecule has 0 rings (SSSR count). The van der Waals surface area contributed by atoms with Gasteiger partial charge in [-0.1, -0.05) is 338 Å². The number of phosphoric acid groups is 2. The molecule has 0 saturated carbocycles. The highest BCUT2D eigenvalue weighted by Gasteiger charge is 2.30. The first-order valence-corrected chi connectivity index (χ1v) is 42.7. The van der Waals surface area contributed by atoms with Crippen molar-refractivity contribution in [2.75, 3.05) is 39.6 Å². The third kappa shape index (κ3) is 69.2. The molecule has 0 fully saturated rings. The Hall–Kier alpha value is -1.94. The number of carbonyl (C=O) groups excluding carboxylic acids is 4. The van der Waals surface area contributed by atoms with Gasteiger partial charge in [-0.25, -0.2) is 9.13 Å². The van der Waals surface area contributed by atoms with Crippen molar-refractivity contribution < 1.29 is 80.2 Å². The summed E-state index contributed by atoms with van der Waals surface area (Å²) in [5.74, 6) is 0.910. The lowest BCUT2D eigenvalue weighted by Gasteiger charge is -2.21. The van der Waals surface area contributed by atoms with Crippen LogP contribution in [-0.2, 0) is 65.4 Å². The molecule has 19 heteroatoms. The van der Waals surface area contributed by atoms with Crippen LogP contribution in [0, 0.1) is 23.7 Å². The summed E-state index contributed by atoms with van der Waals surface area (Å²) in [6, 6.07) is 0. The maximum absolute atomic E-state index is 13.1. The Morgan fingerprint density at radius 2 is 0.500 bits per heavy atom. The minimum atomic E-state index is -4.96. The Labute approximate surface area is 588 Å². The molecule has 0 aromatic carbocycles. The Balaban J connectivity index is 5.21. The number of carbonyl (C=O) groups is 4. The summed E-state index contributed by atoms with van der Waals surface area (Å²) in [7, 11) is -9.91. The molecule has 0 bridgehead atoms. The van der Waals surface area contributed by atoms with Gasteiger partial charge in [0.25, 0.3) is 0 Å². The summed E-state index contributed by atoms with van der Waals surface area (Å²) in [6.07, 6.45) is 51.6. The molecule has 0 aliphatic heterocycles. The minimum Gasteiger partial charge on any atom is -0.462 e. The molecule has 17 nitrogen and oxygen atoms in total. The predicted octanol–water partition coefficient (Wildman–Crippen LogP) is 22.4. The minimum absolute atomic E-state index is 0.102. The maximum atomic E-state index is 13.1. The average molecular weight is 1410 g/mol. The van der Waals surface area contributed by atoms with Gasteiger partial charge in [0.1, 0.15) is 19.3 Å². The zero-order chi connectivity index (χ0) is 71.0. The molecule has 0 aromatic heterocycles. The largest absolute Gasteiger partial charge is 0.472 e. The predicted molar refractivity (Wildman–Crippen MR) is 391 cm³/mol. The lowest BCUT2D eigenvalue weighted by atomic mass is 9.99. The van der Waals surface area contributed by atoms with E-state index in [4.69, 9.17) is 37.0 Å². The third-order valence-electron chi connectivity index (χ3n) is 18.2. The Morgan fingerprint density at radius 3 is 0.740 bits per heavy atom. The second-order valence-corrected chi connectivity index (χ2v) is 32.3. The number of hydrogen-bond donors (Lipinski definition) is 3. The average Bonchev–Trinajstić information content (AvgIpc) is 1.09. The van der Waals surface area contributed by atoms with E-state index in [1.54, 1.807) is 0 Å². The van der Waals surface area contributed by atoms with Crippen LogP contribution >= 0.6 is 15.6 Å². The van der Waals surface area contributed by atoms with Crippen LogP contribution in [0.4, 0.5) is 0 Å². The van der Waals surface area contributed by atoms with E-state index in [9.17, 15) is 43.2 Å². The van der Waals surface area contributed by atoms with Crippen molar-refractivity contribution in [2.24, 2.45) is 23.7 Å². The standard InChI is InChI=1S/C77H150O17P2/c1-9-70(8)56-48-40-31-25-21-17-14-15-18-22-26-32-41-49-57-74(79)87-63-72(93-76(81)59-51-43-33-27-23-19-13-11-10-12-16-20-24-29-37-45-53-67(2)3)65-91-95(83,84)89-61-71(78)62-90-96(85,86)92-66-73(64-88-75(80)58-50-42-36-35-39-47-55-69(6)7)94-77(82)60-52-44-34-28-30-38-46-54-68(4)5/h67-73,78H,9-66H2,1-8H3,(H,83,84)(H,85,86)/t70?,71-,72-,73-/m1/s1. The van der Waals surface area contributed by atoms with Crippen LogP contribution in [0.15, 0.2) is 0 Å². The van der Waals surface area contributed by atoms with E-state index in [1.807, 2.05) is 0 Å². The number of phosphoric ester groups is 2. The Bertz CT molecular complexity index is 1890. The number of hydrogen-bond acceptors (Lipinski definition) is 15. The lowest BCUT2D eigenvalue weighted by molar-refractivity contribution is -0.161. The van der Waals surface area contributed by atoms with Crippen molar-refractivity contribution in [2.45, 2.75) is 408 Å². The number of ether oxygens (including phenoxy) is 4. The number of unbranched alkanes of at least 4 members (excludes halogenated alkanes) is 39. The van der Waals surface area contributed by atoms with E-state index in [-0.39, 0.29) is 25.7 Å². The van der Waals surface area contributed by atoms with Gasteiger partial charge in [0.15, 0.2) is 12.2 Å². The van der Waals surface area contributed by atoms with E-state index in [1.165, 1.54) is 186 Å². The highest BCUT2D eigenvalue weighted by Crippen LogP contribution is 2.45. The van der Waals surface area contributed by atoms with Crippen LogP contribution in [0.1, 0.15) is 389 Å². The van der Waals surface area contributed by atoms with E-state index < -0.39 is 97.5 Å². The van der Waals surface area contributed by atoms with E-state index in [2.05, 4.69) is 55.4 Å². The van der Waals surface area contributed by atoms with Crippen molar-refractivity contribution in [1.29, 1.82) is 0 Å². The SMILES string of the molecule is CCC(C)CCCCCCCCCCCCCCCCC(=O)OC[C@H](COP(=O)(O)OC[C@@H](O)COP(=O)(O)OC[C@@H](COC(=O)CCCCCCCCC(C)C)OC(=O)CCCCCCCCCC(C)C)OC(=O)CCCCCCCCCCCCCCCCCCC(C)C. The van der Waals surface area contributed by atoms with E-state index in [0.29, 0.717) is 37.5 Å². The van der Waals surface area contributed by atoms with Gasteiger partial charge >= 0.3 is 39.5 Å². The molecule has 0 saturated heterocycles. The molecule has 0 spiro atoms. The fraction of sp³-hybridized carbons (Fsp3) is 0.948. The van der Waals surface area contributed by atoms with E-state index in [0.717, 1.165) is 108 Å². The first-order valence-electron chi connectivity index (χ1n) is 39.7. The van der Waals surface area contributed by atoms with Crippen LogP contribution in [-0.4, -0.2) is 96.7 Å². The maximum Gasteiger partial charge on any atom is 0.472 e. The first-order chi connectivity index (χ1) is 46.1. The van der Waals surface area contributed by atoms with Gasteiger partial charge < -0.3 is 33.8 Å². The second-order valence-electron chi connectivity index (χ2n) is 29.4. The molecule has 6 atom stereocenters. The zero-order valence-corrected chi connectivity index (χ0v) is 64.8. The monoisotopic (exact) mass is 1410 g/mol. The smallest absolute Gasteiger partial charge is 0.462 e. The van der Waals surface area contributed by atoms with Crippen LogP contribution < -0.4 is 0 Å². The second kappa shape index (κ2) is 66.3. The van der Waals surface area contributed by atoms with Crippen LogP contribution in [0.2, 0.25) is 0 Å². The molecule has 3 N–H and O–H groups in total. The molecule has 0 heterocycles. The zero-order valence-electron chi connectivity index (χ0n) is 63.0. The van der Waals surface area contributed by atoms with Gasteiger partial charge in [0, 0.05) is 25.7 Å². The summed E-state index contributed by atoms with van der Waals surface area (Å²) in [6.45, 7) is 14.1. The van der Waals surface area contributed by atoms with Crippen molar-refractivity contribution in [3.63, 3.8) is 0 Å². The Morgan fingerprint density at radius 1 is 0.292 bits per heavy atom. The molecule has 96 heavy (non-hydrogen) atoms. The number of esters is 4.